The number of para-hydroxylation sites is 1. The molecule has 1 rings (SSSR count). The Hall–Kier alpha value is -2.15. The van der Waals surface area contributed by atoms with E-state index in [9.17, 15) is 14.9 Å². The van der Waals surface area contributed by atoms with E-state index in [1.54, 1.807) is 26.3 Å². The Balaban J connectivity index is 2.90. The van der Waals surface area contributed by atoms with Gasteiger partial charge in [-0.15, -0.1) is 0 Å². The second kappa shape index (κ2) is 7.44. The highest BCUT2D eigenvalue weighted by Crippen LogP contribution is 2.28. The monoisotopic (exact) mass is 281 g/mol. The van der Waals surface area contributed by atoms with Crippen LogP contribution in [0, 0.1) is 16.0 Å². The number of ether oxygens (including phenoxy) is 1. The van der Waals surface area contributed by atoms with Gasteiger partial charge in [0.15, 0.2) is 0 Å². The number of nitro benzene ring substituents is 1. The van der Waals surface area contributed by atoms with Gasteiger partial charge in [-0.2, -0.15) is 0 Å². The van der Waals surface area contributed by atoms with Gasteiger partial charge in [-0.25, -0.2) is 0 Å². The van der Waals surface area contributed by atoms with E-state index in [4.69, 9.17) is 4.74 Å². The summed E-state index contributed by atoms with van der Waals surface area (Å²) < 4.78 is 4.97. The fourth-order valence-corrected chi connectivity index (χ4v) is 1.83. The SMILES string of the molecule is CNc1cccc(C(=O)NCC(C)COC)c1[N+](=O)[O-]. The number of rotatable bonds is 7. The minimum Gasteiger partial charge on any atom is -0.384 e. The lowest BCUT2D eigenvalue weighted by Crippen LogP contribution is -2.30. The Morgan fingerprint density at radius 2 is 2.20 bits per heavy atom. The van der Waals surface area contributed by atoms with Crippen LogP contribution in [0.15, 0.2) is 18.2 Å². The first kappa shape index (κ1) is 15.9. The van der Waals surface area contributed by atoms with E-state index in [-0.39, 0.29) is 17.2 Å². The number of benzene rings is 1. The first-order valence-corrected chi connectivity index (χ1v) is 6.23. The van der Waals surface area contributed by atoms with E-state index >= 15 is 0 Å². The Morgan fingerprint density at radius 3 is 2.75 bits per heavy atom. The van der Waals surface area contributed by atoms with Gasteiger partial charge >= 0.3 is 5.69 Å². The van der Waals surface area contributed by atoms with Gasteiger partial charge in [0.05, 0.1) is 11.5 Å². The van der Waals surface area contributed by atoms with Crippen molar-refractivity contribution < 1.29 is 14.5 Å². The molecule has 20 heavy (non-hydrogen) atoms. The molecule has 7 heteroatoms. The molecule has 1 aromatic rings. The first-order valence-electron chi connectivity index (χ1n) is 6.23. The van der Waals surface area contributed by atoms with Crippen molar-refractivity contribution in [3.05, 3.63) is 33.9 Å². The van der Waals surface area contributed by atoms with Crippen molar-refractivity contribution >= 4 is 17.3 Å². The molecule has 0 heterocycles. The molecule has 7 nitrogen and oxygen atoms in total. The number of hydrogen-bond acceptors (Lipinski definition) is 5. The van der Waals surface area contributed by atoms with Crippen molar-refractivity contribution in [2.75, 3.05) is 32.6 Å². The van der Waals surface area contributed by atoms with Crippen molar-refractivity contribution in [3.8, 4) is 0 Å². The summed E-state index contributed by atoms with van der Waals surface area (Å²) in [5.74, 6) is -0.327. The highest BCUT2D eigenvalue weighted by atomic mass is 16.6. The number of nitrogens with one attached hydrogen (secondary N) is 2. The minimum atomic E-state index is -0.556. The predicted octanol–water partition coefficient (Wildman–Crippen LogP) is 1.65. The number of carbonyl (C=O) groups is 1. The number of amides is 1. The van der Waals surface area contributed by atoms with Crippen LogP contribution >= 0.6 is 0 Å². The smallest absolute Gasteiger partial charge is 0.305 e. The molecule has 110 valence electrons. The number of carbonyl (C=O) groups excluding carboxylic acids is 1. The third-order valence-electron chi connectivity index (χ3n) is 2.79. The van der Waals surface area contributed by atoms with Gasteiger partial charge in [0.25, 0.3) is 5.91 Å². The van der Waals surface area contributed by atoms with E-state index in [0.717, 1.165) is 0 Å². The molecule has 0 aliphatic carbocycles. The van der Waals surface area contributed by atoms with Crippen molar-refractivity contribution in [3.63, 3.8) is 0 Å². The van der Waals surface area contributed by atoms with Crippen molar-refractivity contribution in [1.29, 1.82) is 0 Å². The fourth-order valence-electron chi connectivity index (χ4n) is 1.83. The van der Waals surface area contributed by atoms with E-state index < -0.39 is 10.8 Å². The van der Waals surface area contributed by atoms with Crippen LogP contribution in [0.25, 0.3) is 0 Å². The molecular formula is C13H19N3O4. The second-order valence-corrected chi connectivity index (χ2v) is 4.48. The molecule has 0 aliphatic rings. The van der Waals surface area contributed by atoms with Crippen LogP contribution in [0.3, 0.4) is 0 Å². The average molecular weight is 281 g/mol. The van der Waals surface area contributed by atoms with Gasteiger partial charge in [0.2, 0.25) is 0 Å². The van der Waals surface area contributed by atoms with Crippen LogP contribution < -0.4 is 10.6 Å². The molecule has 2 N–H and O–H groups in total. The lowest BCUT2D eigenvalue weighted by Gasteiger charge is -2.12. The summed E-state index contributed by atoms with van der Waals surface area (Å²) in [6.45, 7) is 2.83. The summed E-state index contributed by atoms with van der Waals surface area (Å²) >= 11 is 0. The summed E-state index contributed by atoms with van der Waals surface area (Å²) in [5, 5.41) is 16.5. The second-order valence-electron chi connectivity index (χ2n) is 4.48. The quantitative estimate of drug-likeness (QED) is 0.585. The molecule has 0 fully saturated rings. The highest BCUT2D eigenvalue weighted by molar-refractivity contribution is 6.00. The summed E-state index contributed by atoms with van der Waals surface area (Å²) in [6, 6.07) is 4.60. The van der Waals surface area contributed by atoms with Crippen LogP contribution in [0.4, 0.5) is 11.4 Å². The predicted molar refractivity (Wildman–Crippen MR) is 76.0 cm³/mol. The number of anilines is 1. The summed E-state index contributed by atoms with van der Waals surface area (Å²) in [5.41, 5.74) is 0.144. The van der Waals surface area contributed by atoms with Crippen LogP contribution in [-0.4, -0.2) is 38.1 Å². The Labute approximate surface area is 117 Å². The number of nitrogens with zero attached hydrogens (tertiary/aromatic N) is 1. The largest absolute Gasteiger partial charge is 0.384 e. The maximum atomic E-state index is 12.1. The van der Waals surface area contributed by atoms with Crippen molar-refractivity contribution in [2.45, 2.75) is 6.92 Å². The zero-order chi connectivity index (χ0) is 15.1. The van der Waals surface area contributed by atoms with Crippen LogP contribution in [-0.2, 0) is 4.74 Å². The average Bonchev–Trinajstić information content (AvgIpc) is 2.43. The van der Waals surface area contributed by atoms with Crippen LogP contribution in [0.1, 0.15) is 17.3 Å². The standard InChI is InChI=1S/C13H19N3O4/c1-9(8-20-3)7-15-13(17)10-5-4-6-11(14-2)12(10)16(18)19/h4-6,9,14H,7-8H2,1-3H3,(H,15,17). The lowest BCUT2D eigenvalue weighted by molar-refractivity contribution is -0.384. The zero-order valence-electron chi connectivity index (χ0n) is 11.8. The molecule has 0 radical (unpaired) electrons. The number of methoxy groups -OCH3 is 1. The Morgan fingerprint density at radius 1 is 1.50 bits per heavy atom. The molecule has 1 atom stereocenters. The van der Waals surface area contributed by atoms with Crippen molar-refractivity contribution in [2.24, 2.45) is 5.92 Å². The van der Waals surface area contributed by atoms with Gasteiger partial charge < -0.3 is 15.4 Å². The number of nitro groups is 1. The summed E-state index contributed by atoms with van der Waals surface area (Å²) in [4.78, 5) is 22.6. The summed E-state index contributed by atoms with van der Waals surface area (Å²) in [6.07, 6.45) is 0. The lowest BCUT2D eigenvalue weighted by atomic mass is 10.1. The van der Waals surface area contributed by atoms with Gasteiger partial charge in [0.1, 0.15) is 11.3 Å². The molecule has 1 amide bonds. The Bertz CT molecular complexity index is 491. The first-order chi connectivity index (χ1) is 9.51. The van der Waals surface area contributed by atoms with Crippen molar-refractivity contribution in [1.82, 2.24) is 5.32 Å². The normalized spacial score (nSPS) is 11.8. The van der Waals surface area contributed by atoms with Gasteiger partial charge in [0, 0.05) is 20.7 Å². The molecule has 1 unspecified atom stereocenters. The molecule has 0 aliphatic heterocycles. The van der Waals surface area contributed by atoms with Crippen LogP contribution in [0.5, 0.6) is 0 Å². The van der Waals surface area contributed by atoms with E-state index in [0.29, 0.717) is 18.8 Å². The van der Waals surface area contributed by atoms with E-state index in [1.807, 2.05) is 6.92 Å². The maximum absolute atomic E-state index is 12.1. The molecule has 1 aromatic carbocycles. The summed E-state index contributed by atoms with van der Waals surface area (Å²) in [7, 11) is 3.16. The molecule has 0 spiro atoms. The van der Waals surface area contributed by atoms with Crippen LogP contribution in [0.2, 0.25) is 0 Å². The third kappa shape index (κ3) is 3.92. The number of hydrogen-bond donors (Lipinski definition) is 2. The zero-order valence-corrected chi connectivity index (χ0v) is 11.8. The topological polar surface area (TPSA) is 93.5 Å². The molecule has 0 bridgehead atoms. The van der Waals surface area contributed by atoms with Gasteiger partial charge in [-0.3, -0.25) is 14.9 Å². The minimum absolute atomic E-state index is 0.0477. The third-order valence-corrected chi connectivity index (χ3v) is 2.79. The maximum Gasteiger partial charge on any atom is 0.305 e. The molecule has 0 aromatic heterocycles. The van der Waals surface area contributed by atoms with Gasteiger partial charge in [-0.05, 0) is 18.1 Å². The molecule has 0 saturated carbocycles. The molecule has 0 saturated heterocycles. The van der Waals surface area contributed by atoms with E-state index in [2.05, 4.69) is 10.6 Å². The highest BCUT2D eigenvalue weighted by Gasteiger charge is 2.23. The Kier molecular flexibility index (Phi) is 5.92. The molecular weight excluding hydrogens is 262 g/mol. The van der Waals surface area contributed by atoms with E-state index in [1.165, 1.54) is 6.07 Å². The van der Waals surface area contributed by atoms with Gasteiger partial charge in [-0.1, -0.05) is 13.0 Å². The fraction of sp³-hybridized carbons (Fsp3) is 0.462.